The van der Waals surface area contributed by atoms with Crippen LogP contribution in [0.3, 0.4) is 0 Å². The molecule has 1 saturated heterocycles. The van der Waals surface area contributed by atoms with Crippen LogP contribution in [-0.4, -0.2) is 26.0 Å². The predicted molar refractivity (Wildman–Crippen MR) is 67.3 cm³/mol. The molecule has 0 bridgehead atoms. The molecule has 1 aromatic carbocycles. The normalized spacial score (nSPS) is 19.9. The minimum atomic E-state index is 0.0400. The largest absolute Gasteiger partial charge is 0.497 e. The van der Waals surface area contributed by atoms with Crippen molar-refractivity contribution in [1.82, 2.24) is 5.32 Å². The third kappa shape index (κ3) is 2.58. The first-order chi connectivity index (χ1) is 8.22. The van der Waals surface area contributed by atoms with Gasteiger partial charge in [-0.3, -0.25) is 4.79 Å². The van der Waals surface area contributed by atoms with Crippen LogP contribution >= 0.6 is 0 Å². The molecule has 1 fully saturated rings. The number of benzene rings is 1. The smallest absolute Gasteiger partial charge is 0.169 e. The molecule has 0 aliphatic carbocycles. The summed E-state index contributed by atoms with van der Waals surface area (Å²) in [6.07, 6.45) is 1.97. The van der Waals surface area contributed by atoms with Gasteiger partial charge in [-0.2, -0.15) is 0 Å². The number of ether oxygens (including phenoxy) is 1. The van der Waals surface area contributed by atoms with Gasteiger partial charge >= 0.3 is 0 Å². The second kappa shape index (κ2) is 5.19. The van der Waals surface area contributed by atoms with Crippen LogP contribution in [0.15, 0.2) is 18.2 Å². The zero-order valence-electron chi connectivity index (χ0n) is 10.0. The van der Waals surface area contributed by atoms with E-state index in [0.29, 0.717) is 17.0 Å². The Balaban J connectivity index is 2.22. The van der Waals surface area contributed by atoms with Crippen molar-refractivity contribution in [2.24, 2.45) is 5.92 Å². The van der Waals surface area contributed by atoms with Crippen LogP contribution in [0.25, 0.3) is 0 Å². The Kier molecular flexibility index (Phi) is 3.64. The van der Waals surface area contributed by atoms with Gasteiger partial charge in [-0.1, -0.05) is 0 Å². The monoisotopic (exact) mass is 234 g/mol. The van der Waals surface area contributed by atoms with E-state index < -0.39 is 0 Å². The third-order valence-electron chi connectivity index (χ3n) is 3.19. The van der Waals surface area contributed by atoms with Gasteiger partial charge in [-0.25, -0.2) is 0 Å². The van der Waals surface area contributed by atoms with Gasteiger partial charge in [0, 0.05) is 23.7 Å². The first kappa shape index (κ1) is 11.9. The number of anilines is 1. The predicted octanol–water partition coefficient (Wildman–Crippen LogP) is 1.46. The average Bonchev–Trinajstić information content (AvgIpc) is 2.39. The molecule has 3 N–H and O–H groups in total. The van der Waals surface area contributed by atoms with E-state index in [9.17, 15) is 4.79 Å². The number of nitrogens with one attached hydrogen (secondary N) is 1. The molecule has 1 aromatic rings. The highest BCUT2D eigenvalue weighted by atomic mass is 16.5. The van der Waals surface area contributed by atoms with E-state index in [0.717, 1.165) is 25.9 Å². The molecule has 0 aromatic heterocycles. The highest BCUT2D eigenvalue weighted by Crippen LogP contribution is 2.24. The van der Waals surface area contributed by atoms with Crippen LogP contribution in [0.5, 0.6) is 5.75 Å². The minimum absolute atomic E-state index is 0.0400. The SMILES string of the molecule is COc1ccc(N)c(C(=O)C2CCCNC2)c1. The van der Waals surface area contributed by atoms with Gasteiger partial charge in [0.05, 0.1) is 7.11 Å². The molecule has 0 saturated carbocycles. The summed E-state index contributed by atoms with van der Waals surface area (Å²) in [4.78, 5) is 12.3. The van der Waals surface area contributed by atoms with E-state index in [1.807, 2.05) is 0 Å². The van der Waals surface area contributed by atoms with E-state index in [1.165, 1.54) is 0 Å². The van der Waals surface area contributed by atoms with Crippen molar-refractivity contribution in [1.29, 1.82) is 0 Å². The standard InChI is InChI=1S/C13H18N2O2/c1-17-10-4-5-12(14)11(7-10)13(16)9-3-2-6-15-8-9/h4-5,7,9,15H,2-3,6,8,14H2,1H3. The van der Waals surface area contributed by atoms with E-state index in [-0.39, 0.29) is 11.7 Å². The zero-order valence-corrected chi connectivity index (χ0v) is 10.0. The van der Waals surface area contributed by atoms with Crippen molar-refractivity contribution in [2.45, 2.75) is 12.8 Å². The summed E-state index contributed by atoms with van der Waals surface area (Å²) in [7, 11) is 1.59. The highest BCUT2D eigenvalue weighted by Gasteiger charge is 2.23. The van der Waals surface area contributed by atoms with Crippen molar-refractivity contribution in [3.63, 3.8) is 0 Å². The Hall–Kier alpha value is -1.55. The van der Waals surface area contributed by atoms with Crippen molar-refractivity contribution in [2.75, 3.05) is 25.9 Å². The van der Waals surface area contributed by atoms with Crippen molar-refractivity contribution in [3.05, 3.63) is 23.8 Å². The van der Waals surface area contributed by atoms with E-state index in [2.05, 4.69) is 5.32 Å². The van der Waals surface area contributed by atoms with Crippen LogP contribution in [0.1, 0.15) is 23.2 Å². The summed E-state index contributed by atoms with van der Waals surface area (Å²) < 4.78 is 5.12. The summed E-state index contributed by atoms with van der Waals surface area (Å²) in [6.45, 7) is 1.74. The fraction of sp³-hybridized carbons (Fsp3) is 0.462. The number of nitrogens with two attached hydrogens (primary N) is 1. The van der Waals surface area contributed by atoms with Crippen LogP contribution in [-0.2, 0) is 0 Å². The molecule has 0 amide bonds. The topological polar surface area (TPSA) is 64.3 Å². The first-order valence-electron chi connectivity index (χ1n) is 5.91. The number of piperidine rings is 1. The number of methoxy groups -OCH3 is 1. The summed E-state index contributed by atoms with van der Waals surface area (Å²) in [5.74, 6) is 0.832. The second-order valence-corrected chi connectivity index (χ2v) is 4.36. The molecule has 1 unspecified atom stereocenters. The lowest BCUT2D eigenvalue weighted by molar-refractivity contribution is 0.0900. The molecule has 1 aliphatic heterocycles. The summed E-state index contributed by atoms with van der Waals surface area (Å²) in [6, 6.07) is 5.22. The van der Waals surface area contributed by atoms with Gasteiger partial charge in [0.15, 0.2) is 5.78 Å². The Morgan fingerprint density at radius 1 is 1.53 bits per heavy atom. The Labute approximate surface area is 101 Å². The Morgan fingerprint density at radius 2 is 2.35 bits per heavy atom. The van der Waals surface area contributed by atoms with Crippen molar-refractivity contribution < 1.29 is 9.53 Å². The van der Waals surface area contributed by atoms with Gasteiger partial charge in [-0.15, -0.1) is 0 Å². The lowest BCUT2D eigenvalue weighted by Crippen LogP contribution is -2.34. The molecule has 17 heavy (non-hydrogen) atoms. The van der Waals surface area contributed by atoms with Crippen molar-refractivity contribution in [3.8, 4) is 5.75 Å². The maximum atomic E-state index is 12.3. The Bertz CT molecular complexity index is 412. The molecule has 1 heterocycles. The number of nitrogen functional groups attached to an aromatic ring is 1. The van der Waals surface area contributed by atoms with Crippen LogP contribution < -0.4 is 15.8 Å². The first-order valence-corrected chi connectivity index (χ1v) is 5.91. The number of hydrogen-bond acceptors (Lipinski definition) is 4. The minimum Gasteiger partial charge on any atom is -0.497 e. The molecule has 0 spiro atoms. The number of ketones is 1. The molecular weight excluding hydrogens is 216 g/mol. The van der Waals surface area contributed by atoms with E-state index >= 15 is 0 Å². The van der Waals surface area contributed by atoms with Gasteiger partial charge < -0.3 is 15.8 Å². The quantitative estimate of drug-likeness (QED) is 0.614. The summed E-state index contributed by atoms with van der Waals surface area (Å²) >= 11 is 0. The Morgan fingerprint density at radius 3 is 3.00 bits per heavy atom. The maximum absolute atomic E-state index is 12.3. The van der Waals surface area contributed by atoms with Crippen LogP contribution in [0.4, 0.5) is 5.69 Å². The van der Waals surface area contributed by atoms with Gasteiger partial charge in [0.1, 0.15) is 5.75 Å². The lowest BCUT2D eigenvalue weighted by Gasteiger charge is -2.22. The zero-order chi connectivity index (χ0) is 12.3. The van der Waals surface area contributed by atoms with E-state index in [1.54, 1.807) is 25.3 Å². The summed E-state index contributed by atoms with van der Waals surface area (Å²) in [5.41, 5.74) is 6.97. The second-order valence-electron chi connectivity index (χ2n) is 4.36. The molecule has 0 radical (unpaired) electrons. The van der Waals surface area contributed by atoms with Gasteiger partial charge in [-0.05, 0) is 37.6 Å². The number of rotatable bonds is 3. The molecule has 2 rings (SSSR count). The average molecular weight is 234 g/mol. The molecule has 4 nitrogen and oxygen atoms in total. The van der Waals surface area contributed by atoms with E-state index in [4.69, 9.17) is 10.5 Å². The fourth-order valence-corrected chi connectivity index (χ4v) is 2.17. The molecule has 1 aliphatic rings. The number of Topliss-reactive ketones (excluding diaryl/α,β-unsaturated/α-hetero) is 1. The van der Waals surface area contributed by atoms with Crippen molar-refractivity contribution >= 4 is 11.5 Å². The molecular formula is C13H18N2O2. The van der Waals surface area contributed by atoms with Gasteiger partial charge in [0.2, 0.25) is 0 Å². The molecule has 92 valence electrons. The van der Waals surface area contributed by atoms with Crippen LogP contribution in [0.2, 0.25) is 0 Å². The molecule has 4 heteroatoms. The number of carbonyl (C=O) groups excluding carboxylic acids is 1. The lowest BCUT2D eigenvalue weighted by atomic mass is 9.90. The number of carbonyl (C=O) groups is 1. The summed E-state index contributed by atoms with van der Waals surface area (Å²) in [5, 5.41) is 3.24. The number of hydrogen-bond donors (Lipinski definition) is 2. The highest BCUT2D eigenvalue weighted by molar-refractivity contribution is 6.02. The van der Waals surface area contributed by atoms with Gasteiger partial charge in [0.25, 0.3) is 0 Å². The maximum Gasteiger partial charge on any atom is 0.169 e. The fourth-order valence-electron chi connectivity index (χ4n) is 2.17. The van der Waals surface area contributed by atoms with Crippen LogP contribution in [0, 0.1) is 5.92 Å². The third-order valence-corrected chi connectivity index (χ3v) is 3.19. The molecule has 1 atom stereocenters.